The highest BCUT2D eigenvalue weighted by atomic mass is 79.9. The summed E-state index contributed by atoms with van der Waals surface area (Å²) in [7, 11) is 0. The first kappa shape index (κ1) is 14.8. The predicted octanol–water partition coefficient (Wildman–Crippen LogP) is 5.27. The van der Waals surface area contributed by atoms with E-state index in [9.17, 15) is 4.79 Å². The van der Waals surface area contributed by atoms with Crippen LogP contribution in [0.25, 0.3) is 0 Å². The molecule has 1 aromatic rings. The molecule has 0 bridgehead atoms. The average Bonchev–Trinajstić information content (AvgIpc) is 2.66. The normalized spacial score (nSPS) is 21.3. The van der Waals surface area contributed by atoms with E-state index in [4.69, 9.17) is 0 Å². The molecule has 0 aliphatic heterocycles. The minimum absolute atomic E-state index is 0.211. The molecule has 3 atom stereocenters. The summed E-state index contributed by atoms with van der Waals surface area (Å²) in [4.78, 5) is 12.4. The number of rotatable bonds is 5. The molecule has 0 aromatic heterocycles. The van der Waals surface area contributed by atoms with Gasteiger partial charge in [-0.3, -0.25) is 4.79 Å². The third-order valence-corrected chi connectivity index (χ3v) is 4.86. The van der Waals surface area contributed by atoms with E-state index in [0.29, 0.717) is 11.7 Å². The second kappa shape index (κ2) is 6.21. The second-order valence-electron chi connectivity index (χ2n) is 6.16. The van der Waals surface area contributed by atoms with Crippen molar-refractivity contribution in [3.05, 3.63) is 33.8 Å². The molecular weight excluding hydrogens is 300 g/mol. The summed E-state index contributed by atoms with van der Waals surface area (Å²) in [5, 5.41) is 0. The Balaban J connectivity index is 2.00. The van der Waals surface area contributed by atoms with Crippen LogP contribution in [0, 0.1) is 17.8 Å². The van der Waals surface area contributed by atoms with Crippen molar-refractivity contribution in [2.45, 2.75) is 46.5 Å². The maximum atomic E-state index is 12.4. The summed E-state index contributed by atoms with van der Waals surface area (Å²) in [6.07, 6.45) is 4.44. The van der Waals surface area contributed by atoms with Gasteiger partial charge in [-0.1, -0.05) is 49.2 Å². The maximum absolute atomic E-state index is 12.4. The molecule has 0 heterocycles. The monoisotopic (exact) mass is 322 g/mol. The third-order valence-electron chi connectivity index (χ3n) is 4.36. The summed E-state index contributed by atoms with van der Waals surface area (Å²) in [5.41, 5.74) is 2.17. The number of fused-ring (bicyclic) bond motifs is 1. The van der Waals surface area contributed by atoms with Gasteiger partial charge >= 0.3 is 0 Å². The number of carbonyl (C=O) groups is 1. The molecule has 0 saturated heterocycles. The lowest BCUT2D eigenvalue weighted by atomic mass is 9.86. The Labute approximate surface area is 124 Å². The molecule has 1 aliphatic carbocycles. The van der Waals surface area contributed by atoms with Gasteiger partial charge in [-0.25, -0.2) is 0 Å². The summed E-state index contributed by atoms with van der Waals surface area (Å²) < 4.78 is 1.01. The predicted molar refractivity (Wildman–Crippen MR) is 83.5 cm³/mol. The van der Waals surface area contributed by atoms with E-state index in [0.717, 1.165) is 28.8 Å². The number of hydrogen-bond acceptors (Lipinski definition) is 1. The van der Waals surface area contributed by atoms with Crippen LogP contribution < -0.4 is 0 Å². The van der Waals surface area contributed by atoms with Crippen LogP contribution in [0.3, 0.4) is 0 Å². The number of carbonyl (C=O) groups excluding carboxylic acids is 1. The van der Waals surface area contributed by atoms with Gasteiger partial charge in [-0.2, -0.15) is 0 Å². The van der Waals surface area contributed by atoms with Gasteiger partial charge in [0.05, 0.1) is 0 Å². The van der Waals surface area contributed by atoms with Crippen molar-refractivity contribution < 1.29 is 4.79 Å². The number of Topliss-reactive ketones (excluding diaryl/α,β-unsaturated/α-hetero) is 1. The summed E-state index contributed by atoms with van der Waals surface area (Å²) >= 11 is 3.45. The molecule has 0 spiro atoms. The number of ketones is 1. The van der Waals surface area contributed by atoms with E-state index in [-0.39, 0.29) is 5.92 Å². The molecule has 1 nitrogen and oxygen atoms in total. The van der Waals surface area contributed by atoms with Gasteiger partial charge in [0, 0.05) is 16.0 Å². The van der Waals surface area contributed by atoms with Crippen LogP contribution in [0.4, 0.5) is 0 Å². The molecule has 104 valence electrons. The molecule has 2 rings (SSSR count). The Bertz CT molecular complexity index is 466. The van der Waals surface area contributed by atoms with E-state index < -0.39 is 0 Å². The third kappa shape index (κ3) is 3.47. The van der Waals surface area contributed by atoms with Crippen LogP contribution in [0.15, 0.2) is 22.7 Å². The highest BCUT2D eigenvalue weighted by Gasteiger charge is 2.31. The zero-order valence-electron chi connectivity index (χ0n) is 12.1. The van der Waals surface area contributed by atoms with E-state index >= 15 is 0 Å². The first-order valence-corrected chi connectivity index (χ1v) is 8.13. The molecule has 0 amide bonds. The van der Waals surface area contributed by atoms with E-state index in [1.54, 1.807) is 0 Å². The second-order valence-corrected chi connectivity index (χ2v) is 7.07. The number of hydrogen-bond donors (Lipinski definition) is 0. The van der Waals surface area contributed by atoms with Gasteiger partial charge in [-0.15, -0.1) is 0 Å². The molecule has 1 unspecified atom stereocenters. The molecule has 0 N–H and O–H groups in total. The first-order chi connectivity index (χ1) is 9.01. The average molecular weight is 323 g/mol. The quantitative estimate of drug-likeness (QED) is 0.722. The number of benzene rings is 1. The van der Waals surface area contributed by atoms with Gasteiger partial charge in [-0.05, 0) is 48.8 Å². The standard InChI is InChI=1S/C17H23BrO/c1-4-11(2)7-12(3)8-14-9-13-5-6-15(18)10-16(13)17(14)19/h5-6,10-12,14H,4,7-9H2,1-3H3/t11-,12?,14-/m0/s1. The van der Waals surface area contributed by atoms with E-state index in [1.165, 1.54) is 18.4 Å². The lowest BCUT2D eigenvalue weighted by molar-refractivity contribution is 0.0917. The van der Waals surface area contributed by atoms with Gasteiger partial charge in [0.1, 0.15) is 0 Å². The maximum Gasteiger partial charge on any atom is 0.166 e. The van der Waals surface area contributed by atoms with Crippen molar-refractivity contribution in [1.29, 1.82) is 0 Å². The van der Waals surface area contributed by atoms with Crippen LogP contribution in [0.5, 0.6) is 0 Å². The van der Waals surface area contributed by atoms with Gasteiger partial charge in [0.2, 0.25) is 0 Å². The Kier molecular flexibility index (Phi) is 4.83. The van der Waals surface area contributed by atoms with Crippen molar-refractivity contribution in [3.63, 3.8) is 0 Å². The summed E-state index contributed by atoms with van der Waals surface area (Å²) in [6, 6.07) is 6.12. The zero-order chi connectivity index (χ0) is 14.0. The molecule has 1 aliphatic rings. The Morgan fingerprint density at radius 1 is 1.32 bits per heavy atom. The SMILES string of the molecule is CC[C@H](C)CC(C)C[C@H]1Cc2ccc(Br)cc2C1=O. The van der Waals surface area contributed by atoms with Crippen molar-refractivity contribution >= 4 is 21.7 Å². The van der Waals surface area contributed by atoms with Crippen LogP contribution >= 0.6 is 15.9 Å². The van der Waals surface area contributed by atoms with Gasteiger partial charge < -0.3 is 0 Å². The molecule has 2 heteroatoms. The summed E-state index contributed by atoms with van der Waals surface area (Å²) in [5.74, 6) is 1.97. The van der Waals surface area contributed by atoms with Crippen molar-refractivity contribution in [1.82, 2.24) is 0 Å². The number of halogens is 1. The fourth-order valence-electron chi connectivity index (χ4n) is 3.16. The highest BCUT2D eigenvalue weighted by molar-refractivity contribution is 9.10. The van der Waals surface area contributed by atoms with E-state index in [2.05, 4.69) is 42.8 Å². The first-order valence-electron chi connectivity index (χ1n) is 7.33. The lowest BCUT2D eigenvalue weighted by Gasteiger charge is -2.18. The fraction of sp³-hybridized carbons (Fsp3) is 0.588. The largest absolute Gasteiger partial charge is 0.294 e. The lowest BCUT2D eigenvalue weighted by Crippen LogP contribution is -2.14. The van der Waals surface area contributed by atoms with Crippen molar-refractivity contribution in [3.8, 4) is 0 Å². The topological polar surface area (TPSA) is 17.1 Å². The highest BCUT2D eigenvalue weighted by Crippen LogP contribution is 2.34. The molecule has 1 aromatic carbocycles. The van der Waals surface area contributed by atoms with E-state index in [1.807, 2.05) is 12.1 Å². The van der Waals surface area contributed by atoms with Crippen LogP contribution in [0.2, 0.25) is 0 Å². The Morgan fingerprint density at radius 2 is 2.05 bits per heavy atom. The molecule has 0 saturated carbocycles. The molecule has 0 fully saturated rings. The van der Waals surface area contributed by atoms with Crippen LogP contribution in [-0.2, 0) is 6.42 Å². The van der Waals surface area contributed by atoms with Gasteiger partial charge in [0.15, 0.2) is 5.78 Å². The molecule has 19 heavy (non-hydrogen) atoms. The summed E-state index contributed by atoms with van der Waals surface area (Å²) in [6.45, 7) is 6.84. The Morgan fingerprint density at radius 3 is 2.74 bits per heavy atom. The minimum atomic E-state index is 0.211. The van der Waals surface area contributed by atoms with Crippen LogP contribution in [-0.4, -0.2) is 5.78 Å². The smallest absolute Gasteiger partial charge is 0.166 e. The minimum Gasteiger partial charge on any atom is -0.294 e. The van der Waals surface area contributed by atoms with Gasteiger partial charge in [0.25, 0.3) is 0 Å². The Hall–Kier alpha value is -0.630. The van der Waals surface area contributed by atoms with Crippen molar-refractivity contribution in [2.75, 3.05) is 0 Å². The molecule has 0 radical (unpaired) electrons. The molecular formula is C17H23BrO. The zero-order valence-corrected chi connectivity index (χ0v) is 13.7. The van der Waals surface area contributed by atoms with Crippen LogP contribution in [0.1, 0.15) is 56.0 Å². The van der Waals surface area contributed by atoms with Crippen molar-refractivity contribution in [2.24, 2.45) is 17.8 Å². The fourth-order valence-corrected chi connectivity index (χ4v) is 3.52.